The van der Waals surface area contributed by atoms with Crippen LogP contribution >= 0.6 is 0 Å². The number of benzene rings is 1. The van der Waals surface area contributed by atoms with Gasteiger partial charge < -0.3 is 0 Å². The predicted octanol–water partition coefficient (Wildman–Crippen LogP) is 2.01. The number of H-pyrrole nitrogens is 1. The van der Waals surface area contributed by atoms with Crippen molar-refractivity contribution >= 4 is 15.9 Å². The summed E-state index contributed by atoms with van der Waals surface area (Å²) >= 11 is 0. The molecular weight excluding hydrogens is 321 g/mol. The highest BCUT2D eigenvalue weighted by molar-refractivity contribution is 7.89. The molecule has 0 saturated carbocycles. The Morgan fingerprint density at radius 1 is 1.30 bits per heavy atom. The van der Waals surface area contributed by atoms with Gasteiger partial charge in [0.25, 0.3) is 5.91 Å². The van der Waals surface area contributed by atoms with E-state index in [1.165, 1.54) is 30.3 Å². The van der Waals surface area contributed by atoms with Gasteiger partial charge in [-0.05, 0) is 36.1 Å². The summed E-state index contributed by atoms with van der Waals surface area (Å²) in [5.41, 5.74) is 1.17. The number of hydrogen-bond acceptors (Lipinski definition) is 4. The van der Waals surface area contributed by atoms with Crippen molar-refractivity contribution in [2.75, 3.05) is 0 Å². The fourth-order valence-corrected chi connectivity index (χ4v) is 3.14. The average molecular weight is 339 g/mol. The van der Waals surface area contributed by atoms with Crippen molar-refractivity contribution in [3.05, 3.63) is 53.1 Å². The molecule has 0 aliphatic carbocycles. The maximum absolute atomic E-state index is 12.8. The Kier molecular flexibility index (Phi) is 5.15. The molecule has 23 heavy (non-hydrogen) atoms. The Labute approximate surface area is 134 Å². The van der Waals surface area contributed by atoms with Crippen molar-refractivity contribution < 1.29 is 17.6 Å². The average Bonchev–Trinajstić information content (AvgIpc) is 2.88. The van der Waals surface area contributed by atoms with Gasteiger partial charge in [-0.15, -0.1) is 0 Å². The van der Waals surface area contributed by atoms with Crippen LogP contribution in [0.25, 0.3) is 0 Å². The third-order valence-corrected chi connectivity index (χ3v) is 4.22. The normalized spacial score (nSPS) is 11.7. The van der Waals surface area contributed by atoms with E-state index < -0.39 is 27.5 Å². The van der Waals surface area contributed by atoms with Crippen molar-refractivity contribution in [2.45, 2.75) is 26.0 Å². The monoisotopic (exact) mass is 339 g/mol. The Bertz CT molecular complexity index is 783. The van der Waals surface area contributed by atoms with Crippen LogP contribution in [0.4, 0.5) is 4.39 Å². The molecule has 2 rings (SSSR count). The van der Waals surface area contributed by atoms with E-state index in [9.17, 15) is 17.6 Å². The zero-order chi connectivity index (χ0) is 17.0. The first-order valence-corrected chi connectivity index (χ1v) is 8.74. The van der Waals surface area contributed by atoms with E-state index in [0.29, 0.717) is 17.9 Å². The lowest BCUT2D eigenvalue weighted by molar-refractivity contribution is 0.0976. The van der Waals surface area contributed by atoms with Gasteiger partial charge in [-0.3, -0.25) is 9.89 Å². The smallest absolute Gasteiger partial charge is 0.282 e. The molecule has 6 nitrogen and oxygen atoms in total. The van der Waals surface area contributed by atoms with E-state index in [1.54, 1.807) is 0 Å². The molecule has 8 heteroatoms. The summed E-state index contributed by atoms with van der Waals surface area (Å²) in [6, 6.07) is 6.57. The molecule has 0 radical (unpaired) electrons. The lowest BCUT2D eigenvalue weighted by atomic mass is 10.1. The summed E-state index contributed by atoms with van der Waals surface area (Å²) in [6.45, 7) is 4.04. The van der Waals surface area contributed by atoms with Gasteiger partial charge in [0, 0.05) is 5.69 Å². The van der Waals surface area contributed by atoms with E-state index in [2.05, 4.69) is 10.2 Å². The minimum atomic E-state index is -3.88. The van der Waals surface area contributed by atoms with Crippen LogP contribution in [-0.2, 0) is 22.2 Å². The number of halogens is 1. The molecule has 2 N–H and O–H groups in total. The van der Waals surface area contributed by atoms with E-state index in [0.717, 1.165) is 5.69 Å². The van der Waals surface area contributed by atoms with Crippen LogP contribution in [0.3, 0.4) is 0 Å². The molecule has 0 atom stereocenters. The molecule has 1 aromatic heterocycles. The number of carbonyl (C=O) groups is 1. The first kappa shape index (κ1) is 17.1. The third kappa shape index (κ3) is 5.17. The van der Waals surface area contributed by atoms with Gasteiger partial charge in [-0.2, -0.15) is 5.10 Å². The van der Waals surface area contributed by atoms with E-state index >= 15 is 0 Å². The number of aromatic nitrogens is 2. The van der Waals surface area contributed by atoms with Crippen LogP contribution in [0.2, 0.25) is 0 Å². The molecule has 1 aromatic carbocycles. The van der Waals surface area contributed by atoms with E-state index in [4.69, 9.17) is 0 Å². The molecule has 0 fully saturated rings. The number of sulfonamides is 1. The number of nitrogens with zero attached hydrogens (tertiary/aromatic N) is 1. The first-order valence-electron chi connectivity index (χ1n) is 7.09. The van der Waals surface area contributed by atoms with Crippen LogP contribution in [0.1, 0.15) is 35.6 Å². The fourth-order valence-electron chi connectivity index (χ4n) is 2.05. The first-order chi connectivity index (χ1) is 10.7. The van der Waals surface area contributed by atoms with Gasteiger partial charge in [0.2, 0.25) is 10.0 Å². The van der Waals surface area contributed by atoms with Crippen molar-refractivity contribution in [1.82, 2.24) is 14.9 Å². The van der Waals surface area contributed by atoms with Crippen molar-refractivity contribution in [3.63, 3.8) is 0 Å². The maximum atomic E-state index is 12.8. The summed E-state index contributed by atoms with van der Waals surface area (Å²) < 4.78 is 38.8. The number of nitrogens with one attached hydrogen (secondary N) is 2. The molecule has 0 unspecified atom stereocenters. The second-order valence-corrected chi connectivity index (χ2v) is 7.42. The summed E-state index contributed by atoms with van der Waals surface area (Å²) in [5.74, 6) is -1.28. The van der Waals surface area contributed by atoms with Gasteiger partial charge in [-0.1, -0.05) is 26.0 Å². The molecular formula is C15H18FN3O3S. The predicted molar refractivity (Wildman–Crippen MR) is 83.6 cm³/mol. The molecule has 0 spiro atoms. The Morgan fingerprint density at radius 2 is 1.96 bits per heavy atom. The van der Waals surface area contributed by atoms with Crippen LogP contribution in [0.5, 0.6) is 0 Å². The maximum Gasteiger partial charge on any atom is 0.285 e. The van der Waals surface area contributed by atoms with E-state index in [-0.39, 0.29) is 5.69 Å². The molecule has 0 aliphatic rings. The number of amides is 1. The lowest BCUT2D eigenvalue weighted by Crippen LogP contribution is -2.31. The number of hydrogen-bond donors (Lipinski definition) is 2. The minimum absolute atomic E-state index is 0.0170. The molecule has 0 saturated heterocycles. The van der Waals surface area contributed by atoms with Gasteiger partial charge in [0.1, 0.15) is 5.82 Å². The van der Waals surface area contributed by atoms with Crippen LogP contribution < -0.4 is 4.72 Å². The summed E-state index contributed by atoms with van der Waals surface area (Å²) in [6.07, 6.45) is 0.711. The van der Waals surface area contributed by atoms with Gasteiger partial charge in [0.15, 0.2) is 5.69 Å². The van der Waals surface area contributed by atoms with Crippen molar-refractivity contribution in [1.29, 1.82) is 0 Å². The highest BCUT2D eigenvalue weighted by Crippen LogP contribution is 2.09. The SMILES string of the molecule is CC(C)Cc1cc(C(=O)NS(=O)(=O)Cc2ccc(F)cc2)n[nH]1. The van der Waals surface area contributed by atoms with E-state index in [1.807, 2.05) is 18.6 Å². The van der Waals surface area contributed by atoms with Crippen LogP contribution in [0.15, 0.2) is 30.3 Å². The zero-order valence-electron chi connectivity index (χ0n) is 12.8. The van der Waals surface area contributed by atoms with Crippen molar-refractivity contribution in [2.24, 2.45) is 5.92 Å². The Morgan fingerprint density at radius 3 is 2.57 bits per heavy atom. The van der Waals surface area contributed by atoms with Gasteiger partial charge in [0.05, 0.1) is 5.75 Å². The zero-order valence-corrected chi connectivity index (χ0v) is 13.7. The molecule has 1 amide bonds. The van der Waals surface area contributed by atoms with Crippen molar-refractivity contribution in [3.8, 4) is 0 Å². The van der Waals surface area contributed by atoms with Gasteiger partial charge in [-0.25, -0.2) is 17.5 Å². The summed E-state index contributed by atoms with van der Waals surface area (Å²) in [7, 11) is -3.88. The molecule has 2 aromatic rings. The Hall–Kier alpha value is -2.22. The Balaban J connectivity index is 2.03. The topological polar surface area (TPSA) is 91.9 Å². The molecule has 0 bridgehead atoms. The summed E-state index contributed by atoms with van der Waals surface area (Å²) in [4.78, 5) is 12.0. The molecule has 1 heterocycles. The number of carbonyl (C=O) groups excluding carboxylic acids is 1. The molecule has 124 valence electrons. The van der Waals surface area contributed by atoms with Gasteiger partial charge >= 0.3 is 0 Å². The highest BCUT2D eigenvalue weighted by Gasteiger charge is 2.19. The number of rotatable bonds is 6. The lowest BCUT2D eigenvalue weighted by Gasteiger charge is -2.05. The fraction of sp³-hybridized carbons (Fsp3) is 0.333. The molecule has 0 aliphatic heterocycles. The second-order valence-electron chi connectivity index (χ2n) is 5.69. The quantitative estimate of drug-likeness (QED) is 0.842. The minimum Gasteiger partial charge on any atom is -0.282 e. The van der Waals surface area contributed by atoms with Crippen LogP contribution in [0, 0.1) is 11.7 Å². The third-order valence-electron chi connectivity index (χ3n) is 3.01. The highest BCUT2D eigenvalue weighted by atomic mass is 32.2. The largest absolute Gasteiger partial charge is 0.285 e. The van der Waals surface area contributed by atoms with Crippen LogP contribution in [-0.4, -0.2) is 24.5 Å². The number of aromatic amines is 1. The standard InChI is InChI=1S/C15H18FN3O3S/c1-10(2)7-13-8-14(18-17-13)15(20)19-23(21,22)9-11-3-5-12(16)6-4-11/h3-6,8,10H,7,9H2,1-2H3,(H,17,18)(H,19,20). The second kappa shape index (κ2) is 6.91. The summed E-state index contributed by atoms with van der Waals surface area (Å²) in [5, 5.41) is 6.53.